The summed E-state index contributed by atoms with van der Waals surface area (Å²) in [4.78, 5) is 33.1. The van der Waals surface area contributed by atoms with Crippen LogP contribution in [0.5, 0.6) is 5.75 Å². The van der Waals surface area contributed by atoms with Gasteiger partial charge in [0.15, 0.2) is 0 Å². The van der Waals surface area contributed by atoms with Crippen LogP contribution < -0.4 is 4.74 Å². The van der Waals surface area contributed by atoms with Crippen LogP contribution in [0.2, 0.25) is 0 Å². The Balaban J connectivity index is 1.29. The summed E-state index contributed by atoms with van der Waals surface area (Å²) < 4.78 is 57.8. The monoisotopic (exact) mass is 535 g/mol. The van der Waals surface area contributed by atoms with E-state index in [1.165, 1.54) is 18.2 Å². The van der Waals surface area contributed by atoms with E-state index in [0.29, 0.717) is 48.4 Å². The molecule has 0 radical (unpaired) electrons. The molecule has 8 nitrogen and oxygen atoms in total. The highest BCUT2D eigenvalue weighted by Crippen LogP contribution is 2.50. The standard InChI is InChI=1S/C29H26F2N4O4/c1-28(14-34(15-28)26(37)29(38)10-11-29)9-8-16-6-7-18-19(12-16)35-20-13-21(24(35)32-18)33(2)25(36)17-4-3-5-22(23(17)20)39-27(30)31/h3-7,12,20-21,27,38H,10-11,13-15H2,1-2H3/t20-,21-/m1/s1/i2D3. The Morgan fingerprint density at radius 3 is 2.77 bits per heavy atom. The molecule has 39 heavy (non-hydrogen) atoms. The molecule has 200 valence electrons. The number of nitrogens with zero attached hydrogens (tertiary/aromatic N) is 4. The number of rotatable bonds is 3. The van der Waals surface area contributed by atoms with E-state index in [0.717, 1.165) is 4.90 Å². The number of ether oxygens (including phenoxy) is 1. The number of carbonyl (C=O) groups is 2. The normalized spacial score (nSPS) is 24.9. The van der Waals surface area contributed by atoms with E-state index in [1.807, 2.05) is 13.0 Å². The van der Waals surface area contributed by atoms with Gasteiger partial charge >= 0.3 is 6.61 Å². The first kappa shape index (κ1) is 20.9. The van der Waals surface area contributed by atoms with Crippen LogP contribution in [-0.4, -0.2) is 68.5 Å². The molecule has 2 fully saturated rings. The Morgan fingerprint density at radius 1 is 1.26 bits per heavy atom. The number of fused-ring (bicyclic) bond motifs is 9. The number of amides is 2. The number of halogens is 2. The van der Waals surface area contributed by atoms with E-state index >= 15 is 0 Å². The van der Waals surface area contributed by atoms with E-state index < -0.39 is 42.6 Å². The molecule has 3 aromatic rings. The Bertz CT molecular complexity index is 1730. The SMILES string of the molecule is [2H]C([2H])([2H])N1C(=O)c2cccc(OC(F)F)c2[C@H]2C[C@@H]1c1nc3ccc(C#CC4(C)CN(C(=O)C5(O)CC5)C4)cc3n12. The molecule has 1 N–H and O–H groups in total. The maximum Gasteiger partial charge on any atom is 0.387 e. The van der Waals surface area contributed by atoms with Crippen LogP contribution >= 0.6 is 0 Å². The summed E-state index contributed by atoms with van der Waals surface area (Å²) in [5.74, 6) is 5.53. The topological polar surface area (TPSA) is 87.9 Å². The van der Waals surface area contributed by atoms with Crippen LogP contribution in [-0.2, 0) is 4.79 Å². The predicted molar refractivity (Wildman–Crippen MR) is 136 cm³/mol. The van der Waals surface area contributed by atoms with Crippen LogP contribution in [0.3, 0.4) is 0 Å². The third-order valence-corrected chi connectivity index (χ3v) is 8.15. The fraction of sp³-hybridized carbons (Fsp3) is 0.414. The minimum atomic E-state index is -3.14. The molecule has 10 heteroatoms. The largest absolute Gasteiger partial charge is 0.434 e. The summed E-state index contributed by atoms with van der Waals surface area (Å²) in [7, 11) is 0. The van der Waals surface area contributed by atoms with Gasteiger partial charge in [-0.2, -0.15) is 8.78 Å². The van der Waals surface area contributed by atoms with Gasteiger partial charge in [-0.3, -0.25) is 9.59 Å². The molecular formula is C29H26F2N4O4. The first-order valence-electron chi connectivity index (χ1n) is 14.3. The summed E-state index contributed by atoms with van der Waals surface area (Å²) in [6.45, 7) is -3.17. The van der Waals surface area contributed by atoms with Gasteiger partial charge in [-0.1, -0.05) is 17.9 Å². The van der Waals surface area contributed by atoms with Crippen molar-refractivity contribution < 1.29 is 32.3 Å². The molecule has 0 spiro atoms. The lowest BCUT2D eigenvalue weighted by Crippen LogP contribution is -2.59. The van der Waals surface area contributed by atoms with Crippen LogP contribution in [0.1, 0.15) is 69.7 Å². The third-order valence-electron chi connectivity index (χ3n) is 8.15. The molecular weight excluding hydrogens is 506 g/mol. The smallest absolute Gasteiger partial charge is 0.387 e. The highest BCUT2D eigenvalue weighted by molar-refractivity contribution is 5.98. The molecule has 2 bridgehead atoms. The van der Waals surface area contributed by atoms with Gasteiger partial charge in [-0.25, -0.2) is 4.98 Å². The maximum absolute atomic E-state index is 13.6. The Kier molecular flexibility index (Phi) is 4.30. The number of aromatic nitrogens is 2. The molecule has 1 saturated carbocycles. The van der Waals surface area contributed by atoms with Crippen molar-refractivity contribution in [2.75, 3.05) is 20.1 Å². The average Bonchev–Trinajstić information content (AvgIpc) is 3.44. The predicted octanol–water partition coefficient (Wildman–Crippen LogP) is 3.48. The maximum atomic E-state index is 13.6. The highest BCUT2D eigenvalue weighted by atomic mass is 19.3. The highest BCUT2D eigenvalue weighted by Gasteiger charge is 2.54. The lowest BCUT2D eigenvalue weighted by atomic mass is 9.82. The number of hydrogen-bond acceptors (Lipinski definition) is 5. The van der Waals surface area contributed by atoms with E-state index in [9.17, 15) is 23.5 Å². The Hall–Kier alpha value is -3.97. The first-order valence-corrected chi connectivity index (χ1v) is 12.8. The van der Waals surface area contributed by atoms with E-state index in [4.69, 9.17) is 8.85 Å². The summed E-state index contributed by atoms with van der Waals surface area (Å²) in [6, 6.07) is 7.92. The van der Waals surface area contributed by atoms with E-state index in [2.05, 4.69) is 16.8 Å². The second kappa shape index (κ2) is 8.02. The van der Waals surface area contributed by atoms with E-state index in [-0.39, 0.29) is 29.2 Å². The zero-order valence-corrected chi connectivity index (χ0v) is 20.9. The van der Waals surface area contributed by atoms with Crippen molar-refractivity contribution in [1.82, 2.24) is 19.4 Å². The summed E-state index contributed by atoms with van der Waals surface area (Å²) in [5.41, 5.74) is 0.350. The molecule has 0 unspecified atom stereocenters. The molecule has 2 aromatic carbocycles. The molecule has 2 atom stereocenters. The van der Waals surface area contributed by atoms with Crippen molar-refractivity contribution in [3.05, 3.63) is 58.9 Å². The number of hydrogen-bond donors (Lipinski definition) is 1. The molecule has 2 amide bonds. The summed E-state index contributed by atoms with van der Waals surface area (Å²) in [6.07, 6.45) is 1.10. The lowest BCUT2D eigenvalue weighted by molar-refractivity contribution is -0.151. The molecule has 1 aromatic heterocycles. The number of alkyl halides is 2. The molecule has 7 rings (SSSR count). The number of likely N-dealkylation sites (tertiary alicyclic amines) is 1. The minimum Gasteiger partial charge on any atom is -0.434 e. The molecule has 1 saturated heterocycles. The Morgan fingerprint density at radius 2 is 2.05 bits per heavy atom. The quantitative estimate of drug-likeness (QED) is 0.519. The van der Waals surface area contributed by atoms with Gasteiger partial charge in [0.2, 0.25) is 0 Å². The second-order valence-corrected chi connectivity index (χ2v) is 11.1. The van der Waals surface area contributed by atoms with Gasteiger partial charge in [-0.15, -0.1) is 0 Å². The third kappa shape index (κ3) is 3.63. The molecule has 4 heterocycles. The average molecular weight is 536 g/mol. The van der Waals surface area contributed by atoms with Crippen molar-refractivity contribution in [2.24, 2.45) is 5.41 Å². The zero-order valence-electron chi connectivity index (χ0n) is 23.9. The number of benzene rings is 2. The minimum absolute atomic E-state index is 0.00640. The van der Waals surface area contributed by atoms with Crippen LogP contribution in [0.15, 0.2) is 36.4 Å². The van der Waals surface area contributed by atoms with Crippen molar-refractivity contribution in [2.45, 2.75) is 50.5 Å². The van der Waals surface area contributed by atoms with Gasteiger partial charge in [-0.05, 0) is 50.1 Å². The number of imidazole rings is 1. The van der Waals surface area contributed by atoms with Crippen molar-refractivity contribution in [3.63, 3.8) is 0 Å². The van der Waals surface area contributed by atoms with Crippen molar-refractivity contribution in [3.8, 4) is 17.6 Å². The molecule has 1 aliphatic carbocycles. The zero-order chi connectivity index (χ0) is 29.8. The van der Waals surface area contributed by atoms with Crippen LogP contribution in [0, 0.1) is 17.3 Å². The van der Waals surface area contributed by atoms with Crippen LogP contribution in [0.4, 0.5) is 8.78 Å². The fourth-order valence-corrected chi connectivity index (χ4v) is 6.05. The van der Waals surface area contributed by atoms with E-state index in [1.54, 1.807) is 21.6 Å². The van der Waals surface area contributed by atoms with Crippen LogP contribution in [0.25, 0.3) is 11.0 Å². The fourth-order valence-electron chi connectivity index (χ4n) is 6.05. The number of aliphatic hydroxyl groups is 1. The van der Waals surface area contributed by atoms with Gasteiger partial charge in [0.1, 0.15) is 17.2 Å². The summed E-state index contributed by atoms with van der Waals surface area (Å²) in [5, 5.41) is 10.1. The van der Waals surface area contributed by atoms with Gasteiger partial charge in [0.05, 0.1) is 28.5 Å². The van der Waals surface area contributed by atoms with Crippen molar-refractivity contribution >= 4 is 22.8 Å². The first-order chi connectivity index (χ1) is 19.8. The lowest BCUT2D eigenvalue weighted by Gasteiger charge is -2.45. The summed E-state index contributed by atoms with van der Waals surface area (Å²) >= 11 is 0. The molecule has 4 aliphatic rings. The van der Waals surface area contributed by atoms with Gasteiger partial charge in [0.25, 0.3) is 11.8 Å². The van der Waals surface area contributed by atoms with Gasteiger partial charge in [0, 0.05) is 47.3 Å². The molecule has 3 aliphatic heterocycles. The number of carbonyl (C=O) groups excluding carboxylic acids is 2. The van der Waals surface area contributed by atoms with Crippen molar-refractivity contribution in [1.29, 1.82) is 0 Å². The second-order valence-electron chi connectivity index (χ2n) is 11.1. The Labute approximate surface area is 227 Å². The van der Waals surface area contributed by atoms with Gasteiger partial charge < -0.3 is 24.2 Å².